The molecule has 2 amide bonds. The monoisotopic (exact) mass is 619 g/mol. The summed E-state index contributed by atoms with van der Waals surface area (Å²) in [6.45, 7) is 2.98. The molecule has 5 N–H and O–H groups in total. The maximum Gasteiger partial charge on any atom is 0.335 e. The zero-order chi connectivity index (χ0) is 32.3. The highest BCUT2D eigenvalue weighted by Crippen LogP contribution is 2.35. The molecular weight excluding hydrogens is 590 g/mol. The molecule has 3 heterocycles. The number of aromatic nitrogens is 3. The van der Waals surface area contributed by atoms with Crippen molar-refractivity contribution < 1.29 is 19.5 Å². The molecule has 0 unspecified atom stereocenters. The van der Waals surface area contributed by atoms with E-state index in [2.05, 4.69) is 20.6 Å². The number of rotatable bonds is 7. The summed E-state index contributed by atoms with van der Waals surface area (Å²) in [6.07, 6.45) is 4.87. The SMILES string of the molecule is Cc1c(C(=O)O)ccc2c1CC[C@@H]2NC(=O)c1cc(C(=O)NCc2ccc3c(c2)CN(c2c(N)c(=O)c2=O)CC3)n2cncc2n1. The predicted molar refractivity (Wildman–Crippen MR) is 168 cm³/mol. The summed E-state index contributed by atoms with van der Waals surface area (Å²) in [5.41, 5.74) is 11.1. The molecule has 0 saturated carbocycles. The molecule has 13 nitrogen and oxygen atoms in total. The van der Waals surface area contributed by atoms with Crippen LogP contribution in [0.15, 0.2) is 58.5 Å². The second kappa shape index (κ2) is 10.9. The third-order valence-electron chi connectivity index (χ3n) is 9.05. The summed E-state index contributed by atoms with van der Waals surface area (Å²) >= 11 is 0. The molecule has 0 radical (unpaired) electrons. The van der Waals surface area contributed by atoms with Crippen molar-refractivity contribution in [1.82, 2.24) is 25.0 Å². The molecular formula is C33H29N7O6. The smallest absolute Gasteiger partial charge is 0.335 e. The number of nitrogens with one attached hydrogen (secondary N) is 2. The molecule has 1 aliphatic heterocycles. The van der Waals surface area contributed by atoms with Gasteiger partial charge in [-0.1, -0.05) is 24.3 Å². The Morgan fingerprint density at radius 2 is 1.87 bits per heavy atom. The number of hydrogen-bond acceptors (Lipinski definition) is 9. The third-order valence-corrected chi connectivity index (χ3v) is 9.05. The maximum absolute atomic E-state index is 13.5. The first-order chi connectivity index (χ1) is 22.1. The van der Waals surface area contributed by atoms with Crippen LogP contribution in [-0.2, 0) is 25.9 Å². The number of benzene rings is 2. The summed E-state index contributed by atoms with van der Waals surface area (Å²) < 4.78 is 1.51. The third kappa shape index (κ3) is 4.76. The van der Waals surface area contributed by atoms with Gasteiger partial charge in [-0.15, -0.1) is 0 Å². The van der Waals surface area contributed by atoms with Gasteiger partial charge in [-0.3, -0.25) is 23.6 Å². The summed E-state index contributed by atoms with van der Waals surface area (Å²) in [4.78, 5) is 72.4. The van der Waals surface area contributed by atoms with E-state index >= 15 is 0 Å². The number of carbonyl (C=O) groups excluding carboxylic acids is 2. The van der Waals surface area contributed by atoms with Gasteiger partial charge in [-0.25, -0.2) is 14.8 Å². The van der Waals surface area contributed by atoms with Gasteiger partial charge < -0.3 is 26.4 Å². The molecule has 5 aromatic rings. The first-order valence-electron chi connectivity index (χ1n) is 14.8. The van der Waals surface area contributed by atoms with E-state index in [0.717, 1.165) is 27.8 Å². The largest absolute Gasteiger partial charge is 0.478 e. The van der Waals surface area contributed by atoms with Crippen molar-refractivity contribution in [3.05, 3.63) is 120 Å². The number of imidazole rings is 1. The normalized spacial score (nSPS) is 15.5. The van der Waals surface area contributed by atoms with Crippen molar-refractivity contribution in [3.63, 3.8) is 0 Å². The number of amides is 2. The summed E-state index contributed by atoms with van der Waals surface area (Å²) in [5.74, 6) is -1.88. The minimum Gasteiger partial charge on any atom is -0.478 e. The molecule has 0 saturated heterocycles. The molecule has 0 bridgehead atoms. The molecule has 7 rings (SSSR count). The van der Waals surface area contributed by atoms with Gasteiger partial charge in [0.1, 0.15) is 29.1 Å². The molecule has 13 heteroatoms. The zero-order valence-corrected chi connectivity index (χ0v) is 24.8. The van der Waals surface area contributed by atoms with Crippen molar-refractivity contribution in [2.75, 3.05) is 17.2 Å². The lowest BCUT2D eigenvalue weighted by molar-refractivity contribution is 0.0695. The Hall–Kier alpha value is -5.85. The lowest BCUT2D eigenvalue weighted by Gasteiger charge is -2.32. The van der Waals surface area contributed by atoms with E-state index in [-0.39, 0.29) is 40.9 Å². The van der Waals surface area contributed by atoms with Crippen molar-refractivity contribution >= 4 is 34.8 Å². The lowest BCUT2D eigenvalue weighted by atomic mass is 9.96. The molecule has 3 aromatic carbocycles. The van der Waals surface area contributed by atoms with Crippen LogP contribution >= 0.6 is 0 Å². The summed E-state index contributed by atoms with van der Waals surface area (Å²) in [6, 6.07) is 10.3. The van der Waals surface area contributed by atoms with Gasteiger partial charge in [0.25, 0.3) is 22.7 Å². The van der Waals surface area contributed by atoms with Gasteiger partial charge in [0.05, 0.1) is 17.8 Å². The van der Waals surface area contributed by atoms with Crippen LogP contribution in [0.3, 0.4) is 0 Å². The Labute approximate surface area is 261 Å². The average Bonchev–Trinajstić information content (AvgIpc) is 3.70. The van der Waals surface area contributed by atoms with Gasteiger partial charge in [-0.2, -0.15) is 0 Å². The van der Waals surface area contributed by atoms with E-state index in [9.17, 15) is 29.1 Å². The van der Waals surface area contributed by atoms with Crippen LogP contribution < -0.4 is 32.1 Å². The number of anilines is 2. The van der Waals surface area contributed by atoms with Gasteiger partial charge in [0.2, 0.25) is 0 Å². The Morgan fingerprint density at radius 1 is 1.04 bits per heavy atom. The van der Waals surface area contributed by atoms with Crippen molar-refractivity contribution in [2.24, 2.45) is 0 Å². The van der Waals surface area contributed by atoms with Gasteiger partial charge in [0, 0.05) is 19.6 Å². The molecule has 46 heavy (non-hydrogen) atoms. The Bertz CT molecular complexity index is 2180. The molecule has 0 spiro atoms. The highest BCUT2D eigenvalue weighted by atomic mass is 16.4. The Morgan fingerprint density at radius 3 is 2.65 bits per heavy atom. The first-order valence-corrected chi connectivity index (χ1v) is 14.8. The van der Waals surface area contributed by atoms with Crippen LogP contribution in [0.4, 0.5) is 11.4 Å². The fourth-order valence-corrected chi connectivity index (χ4v) is 6.59. The Kier molecular flexibility index (Phi) is 6.88. The lowest BCUT2D eigenvalue weighted by Crippen LogP contribution is -2.44. The highest BCUT2D eigenvalue weighted by molar-refractivity contribution is 5.98. The summed E-state index contributed by atoms with van der Waals surface area (Å²) in [7, 11) is 0. The van der Waals surface area contributed by atoms with Crippen LogP contribution in [0.1, 0.15) is 77.2 Å². The molecule has 2 aromatic heterocycles. The molecule has 1 aliphatic carbocycles. The summed E-state index contributed by atoms with van der Waals surface area (Å²) in [5, 5.41) is 15.4. The van der Waals surface area contributed by atoms with Crippen molar-refractivity contribution in [3.8, 4) is 0 Å². The van der Waals surface area contributed by atoms with Gasteiger partial charge in [0.15, 0.2) is 5.65 Å². The van der Waals surface area contributed by atoms with Gasteiger partial charge >= 0.3 is 5.97 Å². The standard InChI is InChI=1S/C33H29N7O6/c1-16-20-6-7-23(22(20)5-4-21(16)33(45)46)38-31(43)24-11-25(40-15-35-13-26(40)37-24)32(44)36-12-17-2-3-18-8-9-39(14-19(18)10-17)28-27(34)29(41)30(28)42/h2-5,10-11,13,15,23H,6-9,12,14,34H2,1H3,(H,36,44)(H,38,43)(H,45,46)/t23-/m0/s1. The fourth-order valence-electron chi connectivity index (χ4n) is 6.59. The predicted octanol–water partition coefficient (Wildman–Crippen LogP) is 1.82. The average molecular weight is 620 g/mol. The number of aromatic carboxylic acids is 1. The Balaban J connectivity index is 1.07. The van der Waals surface area contributed by atoms with Crippen LogP contribution in [0.5, 0.6) is 0 Å². The minimum atomic E-state index is -0.987. The van der Waals surface area contributed by atoms with Gasteiger partial charge in [-0.05, 0) is 71.7 Å². The molecule has 2 aliphatic rings. The van der Waals surface area contributed by atoms with Crippen LogP contribution in [0, 0.1) is 6.92 Å². The molecule has 0 fully saturated rings. The van der Waals surface area contributed by atoms with Crippen LogP contribution in [0.25, 0.3) is 5.65 Å². The highest BCUT2D eigenvalue weighted by Gasteiger charge is 2.29. The van der Waals surface area contributed by atoms with Crippen LogP contribution in [-0.4, -0.2) is 43.8 Å². The molecule has 1 atom stereocenters. The molecule has 232 valence electrons. The topological polar surface area (TPSA) is 189 Å². The van der Waals surface area contributed by atoms with E-state index in [1.165, 1.54) is 23.0 Å². The number of hydrogen-bond donors (Lipinski definition) is 4. The van der Waals surface area contributed by atoms with E-state index in [1.807, 2.05) is 23.1 Å². The number of carboxylic acid groups (broad SMARTS) is 1. The van der Waals surface area contributed by atoms with E-state index in [1.54, 1.807) is 19.1 Å². The van der Waals surface area contributed by atoms with Crippen LogP contribution in [0.2, 0.25) is 0 Å². The number of nitrogens with two attached hydrogens (primary N) is 1. The van der Waals surface area contributed by atoms with E-state index in [0.29, 0.717) is 43.6 Å². The number of carbonyl (C=O) groups is 3. The zero-order valence-electron chi connectivity index (χ0n) is 24.8. The minimum absolute atomic E-state index is 0.00516. The van der Waals surface area contributed by atoms with E-state index < -0.39 is 28.6 Å². The fraction of sp³-hybridized carbons (Fsp3) is 0.242. The number of nitrogens with zero attached hydrogens (tertiary/aromatic N) is 4. The van der Waals surface area contributed by atoms with Crippen molar-refractivity contribution in [2.45, 2.75) is 45.3 Å². The second-order valence-corrected chi connectivity index (χ2v) is 11.7. The number of nitrogen functional groups attached to an aromatic ring is 1. The van der Waals surface area contributed by atoms with Crippen molar-refractivity contribution in [1.29, 1.82) is 0 Å². The first kappa shape index (κ1) is 28.9. The van der Waals surface area contributed by atoms with E-state index in [4.69, 9.17) is 5.73 Å². The second-order valence-electron chi connectivity index (χ2n) is 11.7. The maximum atomic E-state index is 13.5. The quantitative estimate of drug-likeness (QED) is 0.196. The number of carboxylic acids is 1. The number of fused-ring (bicyclic) bond motifs is 3.